The Morgan fingerprint density at radius 1 is 1.32 bits per heavy atom. The van der Waals surface area contributed by atoms with Gasteiger partial charge in [0.15, 0.2) is 0 Å². The first-order chi connectivity index (χ1) is 9.19. The number of ether oxygens (including phenoxy) is 1. The standard InChI is InChI=1S/C14H12BrNO2S/c1-18-10-2-3-11-9(8-10)6-7-16(14(11)17)13-5-4-12(15)19-13/h2-5,8H,6-7H2,1H3. The molecule has 0 saturated carbocycles. The maximum Gasteiger partial charge on any atom is 0.259 e. The zero-order valence-corrected chi connectivity index (χ0v) is 12.8. The van der Waals surface area contributed by atoms with E-state index < -0.39 is 0 Å². The van der Waals surface area contributed by atoms with Crippen molar-refractivity contribution < 1.29 is 9.53 Å². The second-order valence-electron chi connectivity index (χ2n) is 4.31. The van der Waals surface area contributed by atoms with Gasteiger partial charge in [0.05, 0.1) is 15.9 Å². The minimum Gasteiger partial charge on any atom is -0.497 e. The second-order valence-corrected chi connectivity index (χ2v) is 6.75. The summed E-state index contributed by atoms with van der Waals surface area (Å²) in [5.74, 6) is 0.872. The number of hydrogen-bond acceptors (Lipinski definition) is 3. The number of fused-ring (bicyclic) bond motifs is 1. The molecule has 0 bridgehead atoms. The Morgan fingerprint density at radius 3 is 2.84 bits per heavy atom. The molecule has 0 atom stereocenters. The normalized spacial score (nSPS) is 14.4. The Morgan fingerprint density at radius 2 is 2.16 bits per heavy atom. The second kappa shape index (κ2) is 4.98. The van der Waals surface area contributed by atoms with E-state index in [4.69, 9.17) is 4.74 Å². The number of benzene rings is 1. The van der Waals surface area contributed by atoms with Gasteiger partial charge in [0.2, 0.25) is 0 Å². The zero-order valence-electron chi connectivity index (χ0n) is 10.4. The molecule has 3 rings (SSSR count). The Hall–Kier alpha value is -1.33. The third-order valence-electron chi connectivity index (χ3n) is 3.22. The van der Waals surface area contributed by atoms with Gasteiger partial charge in [0.1, 0.15) is 5.75 Å². The molecule has 0 fully saturated rings. The first kappa shape index (κ1) is 12.7. The average Bonchev–Trinajstić information content (AvgIpc) is 2.85. The van der Waals surface area contributed by atoms with E-state index in [-0.39, 0.29) is 5.91 Å². The number of methoxy groups -OCH3 is 1. The lowest BCUT2D eigenvalue weighted by molar-refractivity contribution is 0.0981. The molecule has 0 radical (unpaired) electrons. The summed E-state index contributed by atoms with van der Waals surface area (Å²) >= 11 is 5.01. The van der Waals surface area contributed by atoms with Gasteiger partial charge in [0, 0.05) is 12.1 Å². The molecule has 0 unspecified atom stereocenters. The van der Waals surface area contributed by atoms with Crippen molar-refractivity contribution in [3.8, 4) is 5.75 Å². The third-order valence-corrected chi connectivity index (χ3v) is 4.86. The van der Waals surface area contributed by atoms with E-state index in [1.54, 1.807) is 18.4 Å². The van der Waals surface area contributed by atoms with Crippen molar-refractivity contribution in [2.75, 3.05) is 18.6 Å². The van der Waals surface area contributed by atoms with Gasteiger partial charge in [-0.05, 0) is 58.2 Å². The van der Waals surface area contributed by atoms with Crippen LogP contribution in [-0.2, 0) is 6.42 Å². The van der Waals surface area contributed by atoms with Crippen LogP contribution in [0.3, 0.4) is 0 Å². The van der Waals surface area contributed by atoms with E-state index in [2.05, 4.69) is 15.9 Å². The smallest absolute Gasteiger partial charge is 0.259 e. The van der Waals surface area contributed by atoms with Crippen LogP contribution in [0.5, 0.6) is 5.75 Å². The highest BCUT2D eigenvalue weighted by molar-refractivity contribution is 9.11. The van der Waals surface area contributed by atoms with Crippen molar-refractivity contribution in [3.05, 3.63) is 45.2 Å². The lowest BCUT2D eigenvalue weighted by Gasteiger charge is -2.27. The summed E-state index contributed by atoms with van der Waals surface area (Å²) in [6.07, 6.45) is 0.855. The molecule has 1 aromatic heterocycles. The van der Waals surface area contributed by atoms with Crippen molar-refractivity contribution in [2.24, 2.45) is 0 Å². The van der Waals surface area contributed by atoms with Crippen molar-refractivity contribution in [3.63, 3.8) is 0 Å². The van der Waals surface area contributed by atoms with Gasteiger partial charge >= 0.3 is 0 Å². The Bertz CT molecular complexity index is 638. The number of hydrogen-bond donors (Lipinski definition) is 0. The van der Waals surface area contributed by atoms with Gasteiger partial charge in [-0.3, -0.25) is 9.69 Å². The Balaban J connectivity index is 1.96. The van der Waals surface area contributed by atoms with Crippen LogP contribution in [0, 0.1) is 0 Å². The number of carbonyl (C=O) groups excluding carboxylic acids is 1. The van der Waals surface area contributed by atoms with E-state index in [1.165, 1.54) is 0 Å². The molecule has 1 amide bonds. The predicted octanol–water partition coefficient (Wildman–Crippen LogP) is 3.72. The lowest BCUT2D eigenvalue weighted by Crippen LogP contribution is -2.37. The summed E-state index contributed by atoms with van der Waals surface area (Å²) in [6.45, 7) is 0.714. The molecule has 1 aliphatic rings. The van der Waals surface area contributed by atoms with E-state index >= 15 is 0 Å². The average molecular weight is 338 g/mol. The summed E-state index contributed by atoms with van der Waals surface area (Å²) in [5, 5.41) is 0.985. The van der Waals surface area contributed by atoms with Gasteiger partial charge < -0.3 is 4.74 Å². The van der Waals surface area contributed by atoms with E-state index in [0.717, 1.165) is 32.1 Å². The lowest BCUT2D eigenvalue weighted by atomic mass is 9.99. The quantitative estimate of drug-likeness (QED) is 0.835. The van der Waals surface area contributed by atoms with E-state index in [1.807, 2.05) is 35.2 Å². The van der Waals surface area contributed by atoms with E-state index in [9.17, 15) is 4.79 Å². The topological polar surface area (TPSA) is 29.5 Å². The molecule has 98 valence electrons. The predicted molar refractivity (Wildman–Crippen MR) is 80.4 cm³/mol. The highest BCUT2D eigenvalue weighted by atomic mass is 79.9. The summed E-state index contributed by atoms with van der Waals surface area (Å²) in [7, 11) is 1.64. The molecule has 19 heavy (non-hydrogen) atoms. The number of anilines is 1. The highest BCUT2D eigenvalue weighted by Crippen LogP contribution is 2.33. The molecule has 3 nitrogen and oxygen atoms in total. The van der Waals surface area contributed by atoms with Crippen LogP contribution in [-0.4, -0.2) is 19.6 Å². The van der Waals surface area contributed by atoms with Gasteiger partial charge in [-0.15, -0.1) is 11.3 Å². The molecule has 0 N–H and O–H groups in total. The fourth-order valence-electron chi connectivity index (χ4n) is 2.25. The number of amides is 1. The molecule has 0 saturated heterocycles. The minimum atomic E-state index is 0.0678. The molecule has 2 heterocycles. The van der Waals surface area contributed by atoms with Gasteiger partial charge in [-0.1, -0.05) is 0 Å². The molecule has 0 aliphatic carbocycles. The minimum absolute atomic E-state index is 0.0678. The van der Waals surface area contributed by atoms with Crippen LogP contribution in [0.25, 0.3) is 0 Å². The van der Waals surface area contributed by atoms with Gasteiger partial charge in [0.25, 0.3) is 5.91 Å². The highest BCUT2D eigenvalue weighted by Gasteiger charge is 2.26. The molecule has 5 heteroatoms. The Labute approximate surface area is 123 Å². The third kappa shape index (κ3) is 2.28. The molecule has 1 aromatic carbocycles. The van der Waals surface area contributed by atoms with Crippen molar-refractivity contribution in [2.45, 2.75) is 6.42 Å². The number of carbonyl (C=O) groups is 1. The Kier molecular flexibility index (Phi) is 3.33. The van der Waals surface area contributed by atoms with Crippen molar-refractivity contribution in [1.82, 2.24) is 0 Å². The van der Waals surface area contributed by atoms with Crippen molar-refractivity contribution in [1.29, 1.82) is 0 Å². The van der Waals surface area contributed by atoms with Crippen LogP contribution in [0.15, 0.2) is 34.1 Å². The molecule has 1 aliphatic heterocycles. The van der Waals surface area contributed by atoms with Gasteiger partial charge in [-0.25, -0.2) is 0 Å². The zero-order chi connectivity index (χ0) is 13.4. The summed E-state index contributed by atoms with van der Waals surface area (Å²) in [5.41, 5.74) is 1.84. The fraction of sp³-hybridized carbons (Fsp3) is 0.214. The van der Waals surface area contributed by atoms with Crippen LogP contribution >= 0.6 is 27.3 Å². The largest absolute Gasteiger partial charge is 0.497 e. The number of halogens is 1. The summed E-state index contributed by atoms with van der Waals surface area (Å²) < 4.78 is 6.24. The molecular formula is C14H12BrNO2S. The summed E-state index contributed by atoms with van der Waals surface area (Å²) in [6, 6.07) is 9.59. The monoisotopic (exact) mass is 337 g/mol. The SMILES string of the molecule is COc1ccc2c(c1)CCN(c1ccc(Br)s1)C2=O. The number of rotatable bonds is 2. The van der Waals surface area contributed by atoms with E-state index in [0.29, 0.717) is 6.54 Å². The number of nitrogens with zero attached hydrogens (tertiary/aromatic N) is 1. The van der Waals surface area contributed by atoms with Crippen LogP contribution < -0.4 is 9.64 Å². The van der Waals surface area contributed by atoms with Crippen LogP contribution in [0.2, 0.25) is 0 Å². The maximum atomic E-state index is 12.5. The number of thiophene rings is 1. The maximum absolute atomic E-state index is 12.5. The molecular weight excluding hydrogens is 326 g/mol. The first-order valence-electron chi connectivity index (χ1n) is 5.93. The molecule has 0 spiro atoms. The molecule has 2 aromatic rings. The first-order valence-corrected chi connectivity index (χ1v) is 7.54. The summed E-state index contributed by atoms with van der Waals surface area (Å²) in [4.78, 5) is 14.3. The van der Waals surface area contributed by atoms with Crippen LogP contribution in [0.1, 0.15) is 15.9 Å². The van der Waals surface area contributed by atoms with Gasteiger partial charge in [-0.2, -0.15) is 0 Å². The van der Waals surface area contributed by atoms with Crippen LogP contribution in [0.4, 0.5) is 5.00 Å². The fourth-order valence-corrected chi connectivity index (χ4v) is 3.64. The van der Waals surface area contributed by atoms with Crippen molar-refractivity contribution >= 4 is 38.2 Å².